The van der Waals surface area contributed by atoms with Crippen LogP contribution in [-0.2, 0) is 15.5 Å². The molecule has 100 valence electrons. The van der Waals surface area contributed by atoms with Crippen molar-refractivity contribution >= 4 is 10.1 Å². The molecule has 4 nitrogen and oxygen atoms in total. The summed E-state index contributed by atoms with van der Waals surface area (Å²) < 4.78 is 26.9. The minimum Gasteiger partial charge on any atom is -0.383 e. The largest absolute Gasteiger partial charge is 0.383 e. The van der Waals surface area contributed by atoms with Crippen molar-refractivity contribution in [2.75, 3.05) is 12.8 Å². The number of rotatable bonds is 4. The normalized spacial score (nSPS) is 18.8. The van der Waals surface area contributed by atoms with Crippen LogP contribution in [-0.4, -0.2) is 21.2 Å². The molecule has 1 aromatic rings. The summed E-state index contributed by atoms with van der Waals surface area (Å²) in [7, 11) is -3.45. The first-order chi connectivity index (χ1) is 8.45. The maximum absolute atomic E-state index is 11.0. The van der Waals surface area contributed by atoms with Crippen molar-refractivity contribution in [1.82, 2.24) is 0 Å². The fraction of sp³-hybridized carbons (Fsp3) is 0.538. The summed E-state index contributed by atoms with van der Waals surface area (Å²) in [5.74, 6) is 0.353. The van der Waals surface area contributed by atoms with E-state index in [-0.39, 0.29) is 5.41 Å². The van der Waals surface area contributed by atoms with Crippen LogP contribution in [0.25, 0.3) is 0 Å². The molecule has 0 unspecified atom stereocenters. The maximum Gasteiger partial charge on any atom is 0.306 e. The van der Waals surface area contributed by atoms with Gasteiger partial charge in [-0.3, -0.25) is 0 Å². The SMILES string of the molecule is CS(=O)(=O)Oc1ccc(C2(CN)CCCC2)cc1. The smallest absolute Gasteiger partial charge is 0.306 e. The van der Waals surface area contributed by atoms with E-state index in [1.54, 1.807) is 12.1 Å². The molecule has 0 atom stereocenters. The van der Waals surface area contributed by atoms with E-state index in [0.29, 0.717) is 12.3 Å². The Kier molecular flexibility index (Phi) is 3.64. The highest BCUT2D eigenvalue weighted by Crippen LogP contribution is 2.40. The molecule has 1 saturated carbocycles. The van der Waals surface area contributed by atoms with Crippen LogP contribution in [0.1, 0.15) is 31.2 Å². The standard InChI is InChI=1S/C13H19NO3S/c1-18(15,16)17-12-6-4-11(5-7-12)13(10-14)8-2-3-9-13/h4-7H,2-3,8-10,14H2,1H3. The Morgan fingerprint density at radius 3 is 2.22 bits per heavy atom. The van der Waals surface area contributed by atoms with Crippen LogP contribution in [0.15, 0.2) is 24.3 Å². The van der Waals surface area contributed by atoms with Crippen LogP contribution in [0.5, 0.6) is 5.75 Å². The lowest BCUT2D eigenvalue weighted by molar-refractivity contribution is 0.451. The zero-order chi connectivity index (χ0) is 13.2. The van der Waals surface area contributed by atoms with Crippen molar-refractivity contribution in [1.29, 1.82) is 0 Å². The van der Waals surface area contributed by atoms with E-state index in [0.717, 1.165) is 19.1 Å². The molecule has 0 aliphatic heterocycles. The Morgan fingerprint density at radius 2 is 1.78 bits per heavy atom. The average molecular weight is 269 g/mol. The van der Waals surface area contributed by atoms with Gasteiger partial charge in [-0.15, -0.1) is 0 Å². The molecule has 2 rings (SSSR count). The predicted molar refractivity (Wildman–Crippen MR) is 71.1 cm³/mol. The summed E-state index contributed by atoms with van der Waals surface area (Å²) >= 11 is 0. The molecule has 1 aliphatic carbocycles. The van der Waals surface area contributed by atoms with Crippen molar-refractivity contribution < 1.29 is 12.6 Å². The van der Waals surface area contributed by atoms with Gasteiger partial charge >= 0.3 is 10.1 Å². The van der Waals surface area contributed by atoms with Crippen LogP contribution >= 0.6 is 0 Å². The molecule has 2 N–H and O–H groups in total. The van der Waals surface area contributed by atoms with Gasteiger partial charge < -0.3 is 9.92 Å². The van der Waals surface area contributed by atoms with E-state index in [9.17, 15) is 8.42 Å². The molecule has 0 bridgehead atoms. The quantitative estimate of drug-likeness (QED) is 0.846. The first-order valence-corrected chi connectivity index (χ1v) is 7.97. The lowest BCUT2D eigenvalue weighted by Gasteiger charge is -2.27. The van der Waals surface area contributed by atoms with E-state index in [1.807, 2.05) is 12.1 Å². The van der Waals surface area contributed by atoms with Crippen LogP contribution < -0.4 is 9.92 Å². The lowest BCUT2D eigenvalue weighted by Crippen LogP contribution is -2.31. The van der Waals surface area contributed by atoms with Crippen molar-refractivity contribution in [2.45, 2.75) is 31.1 Å². The number of nitrogens with two attached hydrogens (primary N) is 1. The van der Waals surface area contributed by atoms with Crippen LogP contribution in [0.4, 0.5) is 0 Å². The van der Waals surface area contributed by atoms with Crippen molar-refractivity contribution in [3.05, 3.63) is 29.8 Å². The molecule has 0 aromatic heterocycles. The van der Waals surface area contributed by atoms with Crippen LogP contribution in [0, 0.1) is 0 Å². The van der Waals surface area contributed by atoms with Gasteiger partial charge in [0, 0.05) is 12.0 Å². The molecular weight excluding hydrogens is 250 g/mol. The van der Waals surface area contributed by atoms with Crippen LogP contribution in [0.2, 0.25) is 0 Å². The molecule has 0 radical (unpaired) electrons. The van der Waals surface area contributed by atoms with Gasteiger partial charge in [0.1, 0.15) is 5.75 Å². The van der Waals surface area contributed by atoms with E-state index in [1.165, 1.54) is 18.4 Å². The van der Waals surface area contributed by atoms with Gasteiger partial charge in [-0.25, -0.2) is 0 Å². The van der Waals surface area contributed by atoms with E-state index in [4.69, 9.17) is 9.92 Å². The summed E-state index contributed by atoms with van der Waals surface area (Å²) in [6, 6.07) is 7.26. The monoisotopic (exact) mass is 269 g/mol. The van der Waals surface area contributed by atoms with Gasteiger partial charge in [-0.2, -0.15) is 8.42 Å². The molecule has 0 saturated heterocycles. The third kappa shape index (κ3) is 2.84. The van der Waals surface area contributed by atoms with Crippen molar-refractivity contribution in [3.8, 4) is 5.75 Å². The lowest BCUT2D eigenvalue weighted by atomic mass is 9.79. The number of hydrogen-bond acceptors (Lipinski definition) is 4. The summed E-state index contributed by atoms with van der Waals surface area (Å²) in [5, 5.41) is 0. The van der Waals surface area contributed by atoms with Crippen LogP contribution in [0.3, 0.4) is 0 Å². The summed E-state index contributed by atoms with van der Waals surface area (Å²) in [6.07, 6.45) is 5.67. The van der Waals surface area contributed by atoms with Crippen molar-refractivity contribution in [3.63, 3.8) is 0 Å². The van der Waals surface area contributed by atoms with E-state index in [2.05, 4.69) is 0 Å². The Bertz CT molecular complexity index is 502. The zero-order valence-electron chi connectivity index (χ0n) is 10.6. The highest BCUT2D eigenvalue weighted by atomic mass is 32.2. The fourth-order valence-corrected chi connectivity index (χ4v) is 3.16. The maximum atomic E-state index is 11.0. The van der Waals surface area contributed by atoms with Gasteiger partial charge in [-0.05, 0) is 30.5 Å². The average Bonchev–Trinajstić information content (AvgIpc) is 2.77. The Balaban J connectivity index is 2.21. The fourth-order valence-electron chi connectivity index (χ4n) is 2.70. The second-order valence-electron chi connectivity index (χ2n) is 5.00. The third-order valence-corrected chi connectivity index (χ3v) is 4.16. The third-order valence-electron chi connectivity index (χ3n) is 3.67. The van der Waals surface area contributed by atoms with Gasteiger partial charge in [-0.1, -0.05) is 25.0 Å². The minimum atomic E-state index is -3.45. The number of hydrogen-bond donors (Lipinski definition) is 1. The number of benzene rings is 1. The summed E-state index contributed by atoms with van der Waals surface area (Å²) in [4.78, 5) is 0. The summed E-state index contributed by atoms with van der Waals surface area (Å²) in [6.45, 7) is 0.638. The molecular formula is C13H19NO3S. The van der Waals surface area contributed by atoms with Crippen molar-refractivity contribution in [2.24, 2.45) is 5.73 Å². The second-order valence-corrected chi connectivity index (χ2v) is 6.58. The molecule has 1 fully saturated rings. The first-order valence-electron chi connectivity index (χ1n) is 6.15. The molecule has 0 spiro atoms. The topological polar surface area (TPSA) is 69.4 Å². The zero-order valence-corrected chi connectivity index (χ0v) is 11.4. The molecule has 1 aromatic carbocycles. The highest BCUT2D eigenvalue weighted by molar-refractivity contribution is 7.86. The molecule has 18 heavy (non-hydrogen) atoms. The van der Waals surface area contributed by atoms with E-state index >= 15 is 0 Å². The Hall–Kier alpha value is -1.07. The van der Waals surface area contributed by atoms with Gasteiger partial charge in [0.2, 0.25) is 0 Å². The van der Waals surface area contributed by atoms with Gasteiger partial charge in [0.05, 0.1) is 6.26 Å². The minimum absolute atomic E-state index is 0.0730. The Morgan fingerprint density at radius 1 is 1.22 bits per heavy atom. The molecule has 5 heteroatoms. The molecule has 0 heterocycles. The highest BCUT2D eigenvalue weighted by Gasteiger charge is 2.34. The van der Waals surface area contributed by atoms with Gasteiger partial charge in [0.15, 0.2) is 0 Å². The molecule has 1 aliphatic rings. The summed E-state index contributed by atoms with van der Waals surface area (Å²) in [5.41, 5.74) is 7.17. The predicted octanol–water partition coefficient (Wildman–Crippen LogP) is 1.80. The van der Waals surface area contributed by atoms with Gasteiger partial charge in [0.25, 0.3) is 0 Å². The first kappa shape index (κ1) is 13.4. The molecule has 0 amide bonds. The second kappa shape index (κ2) is 4.90. The van der Waals surface area contributed by atoms with E-state index < -0.39 is 10.1 Å². The Labute approximate surface area is 108 Å².